The van der Waals surface area contributed by atoms with E-state index in [0.29, 0.717) is 5.75 Å². The van der Waals surface area contributed by atoms with Crippen LogP contribution in [0.4, 0.5) is 5.69 Å². The van der Waals surface area contributed by atoms with Crippen molar-refractivity contribution in [1.82, 2.24) is 0 Å². The first-order chi connectivity index (χ1) is 11.5. The first-order valence-corrected chi connectivity index (χ1v) is 8.83. The Morgan fingerprint density at radius 3 is 2.54 bits per heavy atom. The molecule has 122 valence electrons. The quantitative estimate of drug-likeness (QED) is 0.580. The SMILES string of the molecule is Cc1cc(I)ccc1NC(=O)[C@@H](C)Oc1ccc2ccccc2c1. The van der Waals surface area contributed by atoms with Gasteiger partial charge in [-0.05, 0) is 83.1 Å². The van der Waals surface area contributed by atoms with Crippen LogP contribution in [0.3, 0.4) is 0 Å². The van der Waals surface area contributed by atoms with Crippen molar-refractivity contribution in [2.75, 3.05) is 5.32 Å². The fraction of sp³-hybridized carbons (Fsp3) is 0.150. The zero-order valence-electron chi connectivity index (χ0n) is 13.5. The maximum absolute atomic E-state index is 12.4. The third kappa shape index (κ3) is 3.87. The lowest BCUT2D eigenvalue weighted by Crippen LogP contribution is -2.30. The Labute approximate surface area is 155 Å². The van der Waals surface area contributed by atoms with Crippen molar-refractivity contribution < 1.29 is 9.53 Å². The molecule has 0 unspecified atom stereocenters. The van der Waals surface area contributed by atoms with Crippen molar-refractivity contribution in [2.45, 2.75) is 20.0 Å². The first kappa shape index (κ1) is 16.8. The molecule has 24 heavy (non-hydrogen) atoms. The van der Waals surface area contributed by atoms with Crippen LogP contribution in [0.25, 0.3) is 10.8 Å². The summed E-state index contributed by atoms with van der Waals surface area (Å²) < 4.78 is 6.95. The highest BCUT2D eigenvalue weighted by Crippen LogP contribution is 2.22. The van der Waals surface area contributed by atoms with Crippen molar-refractivity contribution in [3.63, 3.8) is 0 Å². The second kappa shape index (κ2) is 7.21. The molecule has 0 fully saturated rings. The molecule has 1 atom stereocenters. The molecule has 0 saturated carbocycles. The molecule has 0 radical (unpaired) electrons. The molecule has 1 amide bonds. The molecule has 1 N–H and O–H groups in total. The summed E-state index contributed by atoms with van der Waals surface area (Å²) in [5.41, 5.74) is 1.85. The third-order valence-electron chi connectivity index (χ3n) is 3.85. The zero-order valence-corrected chi connectivity index (χ0v) is 15.7. The Bertz CT molecular complexity index is 892. The largest absolute Gasteiger partial charge is 0.481 e. The molecule has 0 aromatic heterocycles. The average Bonchev–Trinajstić information content (AvgIpc) is 2.57. The van der Waals surface area contributed by atoms with E-state index in [2.05, 4.69) is 34.0 Å². The fourth-order valence-electron chi connectivity index (χ4n) is 2.50. The Balaban J connectivity index is 1.70. The van der Waals surface area contributed by atoms with E-state index in [1.165, 1.54) is 0 Å². The highest BCUT2D eigenvalue weighted by Gasteiger charge is 2.16. The first-order valence-electron chi connectivity index (χ1n) is 7.75. The Morgan fingerprint density at radius 2 is 1.79 bits per heavy atom. The predicted molar refractivity (Wildman–Crippen MR) is 107 cm³/mol. The lowest BCUT2D eigenvalue weighted by molar-refractivity contribution is -0.122. The minimum absolute atomic E-state index is 0.160. The number of nitrogens with one attached hydrogen (secondary N) is 1. The van der Waals surface area contributed by atoms with E-state index < -0.39 is 6.10 Å². The van der Waals surface area contributed by atoms with Crippen LogP contribution in [-0.4, -0.2) is 12.0 Å². The number of ether oxygens (including phenoxy) is 1. The van der Waals surface area contributed by atoms with E-state index in [1.807, 2.05) is 61.5 Å². The number of hydrogen-bond acceptors (Lipinski definition) is 2. The topological polar surface area (TPSA) is 38.3 Å². The van der Waals surface area contributed by atoms with Gasteiger partial charge in [0.2, 0.25) is 0 Å². The second-order valence-corrected chi connectivity index (χ2v) is 6.96. The Kier molecular flexibility index (Phi) is 5.04. The lowest BCUT2D eigenvalue weighted by atomic mass is 10.1. The highest BCUT2D eigenvalue weighted by molar-refractivity contribution is 14.1. The van der Waals surface area contributed by atoms with E-state index in [9.17, 15) is 4.79 Å². The monoisotopic (exact) mass is 431 g/mol. The summed E-state index contributed by atoms with van der Waals surface area (Å²) in [5, 5.41) is 5.17. The summed E-state index contributed by atoms with van der Waals surface area (Å²) >= 11 is 2.25. The Hall–Kier alpha value is -2.08. The van der Waals surface area contributed by atoms with Gasteiger partial charge in [-0.3, -0.25) is 4.79 Å². The van der Waals surface area contributed by atoms with Gasteiger partial charge < -0.3 is 10.1 Å². The van der Waals surface area contributed by atoms with Crippen LogP contribution in [0.5, 0.6) is 5.75 Å². The van der Waals surface area contributed by atoms with Crippen LogP contribution < -0.4 is 10.1 Å². The van der Waals surface area contributed by atoms with Crippen LogP contribution in [0, 0.1) is 10.5 Å². The average molecular weight is 431 g/mol. The van der Waals surface area contributed by atoms with E-state index in [0.717, 1.165) is 25.6 Å². The molecular weight excluding hydrogens is 413 g/mol. The maximum atomic E-state index is 12.4. The number of fused-ring (bicyclic) bond motifs is 1. The zero-order chi connectivity index (χ0) is 17.1. The minimum Gasteiger partial charge on any atom is -0.481 e. The van der Waals surface area contributed by atoms with Crippen molar-refractivity contribution in [3.05, 3.63) is 69.8 Å². The van der Waals surface area contributed by atoms with E-state index in [4.69, 9.17) is 4.74 Å². The molecule has 0 heterocycles. The molecule has 0 bridgehead atoms. The van der Waals surface area contributed by atoms with Crippen molar-refractivity contribution in [3.8, 4) is 5.75 Å². The van der Waals surface area contributed by atoms with E-state index >= 15 is 0 Å². The highest BCUT2D eigenvalue weighted by atomic mass is 127. The summed E-state index contributed by atoms with van der Waals surface area (Å²) in [5.74, 6) is 0.531. The van der Waals surface area contributed by atoms with Crippen molar-refractivity contribution in [1.29, 1.82) is 0 Å². The summed E-state index contributed by atoms with van der Waals surface area (Å²) in [6.45, 7) is 3.74. The van der Waals surface area contributed by atoms with Gasteiger partial charge in [0.1, 0.15) is 5.75 Å². The van der Waals surface area contributed by atoms with Gasteiger partial charge >= 0.3 is 0 Å². The molecule has 0 saturated heterocycles. The standard InChI is InChI=1S/C20H18INO2/c1-13-11-17(21)8-10-19(13)22-20(23)14(2)24-18-9-7-15-5-3-4-6-16(15)12-18/h3-12,14H,1-2H3,(H,22,23)/t14-/m1/s1. The van der Waals surface area contributed by atoms with Crippen LogP contribution in [0.1, 0.15) is 12.5 Å². The van der Waals surface area contributed by atoms with Gasteiger partial charge in [-0.25, -0.2) is 0 Å². The number of halogens is 1. The number of carbonyl (C=O) groups excluding carboxylic acids is 1. The summed E-state index contributed by atoms with van der Waals surface area (Å²) in [6.07, 6.45) is -0.579. The van der Waals surface area contributed by atoms with Crippen molar-refractivity contribution in [2.24, 2.45) is 0 Å². The molecule has 3 rings (SSSR count). The van der Waals surface area contributed by atoms with E-state index in [1.54, 1.807) is 6.92 Å². The smallest absolute Gasteiger partial charge is 0.265 e. The van der Waals surface area contributed by atoms with Crippen LogP contribution in [0.15, 0.2) is 60.7 Å². The number of amides is 1. The number of carbonyl (C=O) groups is 1. The second-order valence-electron chi connectivity index (χ2n) is 5.72. The van der Waals surface area contributed by atoms with Crippen LogP contribution >= 0.6 is 22.6 Å². The number of benzene rings is 3. The van der Waals surface area contributed by atoms with Crippen LogP contribution in [-0.2, 0) is 4.79 Å². The Morgan fingerprint density at radius 1 is 1.04 bits per heavy atom. The number of anilines is 1. The summed E-state index contributed by atoms with van der Waals surface area (Å²) in [7, 11) is 0. The van der Waals surface area contributed by atoms with Crippen LogP contribution in [0.2, 0.25) is 0 Å². The lowest BCUT2D eigenvalue weighted by Gasteiger charge is -2.16. The van der Waals surface area contributed by atoms with Gasteiger partial charge in [0.05, 0.1) is 0 Å². The molecule has 0 aliphatic heterocycles. The number of aryl methyl sites for hydroxylation is 1. The van der Waals surface area contributed by atoms with E-state index in [-0.39, 0.29) is 5.91 Å². The van der Waals surface area contributed by atoms with Gasteiger partial charge in [-0.2, -0.15) is 0 Å². The maximum Gasteiger partial charge on any atom is 0.265 e. The van der Waals surface area contributed by atoms with Gasteiger partial charge in [0.15, 0.2) is 6.10 Å². The molecule has 0 spiro atoms. The van der Waals surface area contributed by atoms with Gasteiger partial charge in [-0.1, -0.05) is 30.3 Å². The van der Waals surface area contributed by atoms with Crippen molar-refractivity contribution >= 4 is 45.0 Å². The van der Waals surface area contributed by atoms with Gasteiger partial charge in [0, 0.05) is 9.26 Å². The number of rotatable bonds is 4. The molecule has 3 nitrogen and oxygen atoms in total. The molecule has 0 aliphatic carbocycles. The van der Waals surface area contributed by atoms with Gasteiger partial charge in [-0.15, -0.1) is 0 Å². The normalized spacial score (nSPS) is 12.0. The predicted octanol–water partition coefficient (Wildman–Crippen LogP) is 5.16. The molecule has 4 heteroatoms. The fourth-order valence-corrected chi connectivity index (χ4v) is 3.15. The summed E-state index contributed by atoms with van der Waals surface area (Å²) in [6, 6.07) is 19.8. The van der Waals surface area contributed by atoms with Gasteiger partial charge in [0.25, 0.3) is 5.91 Å². The molecule has 3 aromatic rings. The molecule has 0 aliphatic rings. The molecular formula is C20H18INO2. The summed E-state index contributed by atoms with van der Waals surface area (Å²) in [4.78, 5) is 12.4. The minimum atomic E-state index is -0.579. The molecule has 3 aromatic carbocycles. The number of hydrogen-bond donors (Lipinski definition) is 1. The third-order valence-corrected chi connectivity index (χ3v) is 4.52.